The van der Waals surface area contributed by atoms with E-state index in [2.05, 4.69) is 44.0 Å². The second kappa shape index (κ2) is 7.61. The van der Waals surface area contributed by atoms with Crippen LogP contribution in [-0.2, 0) is 17.6 Å². The first-order chi connectivity index (χ1) is 12.6. The number of nitrogens with zero attached hydrogens (tertiary/aromatic N) is 2. The van der Waals surface area contributed by atoms with E-state index in [1.165, 1.54) is 22.4 Å². The molecule has 1 aromatic heterocycles. The summed E-state index contributed by atoms with van der Waals surface area (Å²) in [6, 6.07) is 6.37. The lowest BCUT2D eigenvalue weighted by Crippen LogP contribution is -2.35. The van der Waals surface area contributed by atoms with Crippen LogP contribution in [0, 0.1) is 5.92 Å². The third-order valence-corrected chi connectivity index (χ3v) is 7.55. The van der Waals surface area contributed by atoms with Crippen molar-refractivity contribution in [2.75, 3.05) is 13.1 Å². The van der Waals surface area contributed by atoms with Crippen LogP contribution in [0.3, 0.4) is 0 Å². The van der Waals surface area contributed by atoms with E-state index in [-0.39, 0.29) is 5.92 Å². The predicted molar refractivity (Wildman–Crippen MR) is 111 cm³/mol. The van der Waals surface area contributed by atoms with E-state index in [9.17, 15) is 4.79 Å². The number of halogens is 3. The molecule has 6 heteroatoms. The fourth-order valence-corrected chi connectivity index (χ4v) is 5.48. The summed E-state index contributed by atoms with van der Waals surface area (Å²) in [6.07, 6.45) is 6.78. The zero-order valence-electron chi connectivity index (χ0n) is 14.2. The van der Waals surface area contributed by atoms with Gasteiger partial charge in [-0.3, -0.25) is 9.78 Å². The van der Waals surface area contributed by atoms with Crippen LogP contribution in [0.2, 0.25) is 5.02 Å². The Labute approximate surface area is 175 Å². The van der Waals surface area contributed by atoms with Gasteiger partial charge in [0.15, 0.2) is 0 Å². The fraction of sp³-hybridized carbons (Fsp3) is 0.400. The average Bonchev–Trinajstić information content (AvgIpc) is 2.81. The third kappa shape index (κ3) is 3.34. The number of hydrogen-bond donors (Lipinski definition) is 0. The lowest BCUT2D eigenvalue weighted by Gasteiger charge is -2.35. The maximum absolute atomic E-state index is 11.1. The zero-order chi connectivity index (χ0) is 18.3. The Balaban J connectivity index is 1.83. The number of hydrogen-bond acceptors (Lipinski definition) is 2. The second-order valence-electron chi connectivity index (χ2n) is 7.08. The van der Waals surface area contributed by atoms with E-state index in [1.807, 2.05) is 17.2 Å². The summed E-state index contributed by atoms with van der Waals surface area (Å²) in [7, 11) is 0. The highest BCUT2D eigenvalue weighted by molar-refractivity contribution is 9.10. The number of aromatic nitrogens is 1. The van der Waals surface area contributed by atoms with Gasteiger partial charge in [0.2, 0.25) is 6.41 Å². The van der Waals surface area contributed by atoms with Crippen molar-refractivity contribution < 1.29 is 4.79 Å². The summed E-state index contributed by atoms with van der Waals surface area (Å²) >= 11 is 13.7. The molecule has 1 saturated heterocycles. The van der Waals surface area contributed by atoms with Crippen molar-refractivity contribution in [3.63, 3.8) is 0 Å². The van der Waals surface area contributed by atoms with Crippen LogP contribution in [0.1, 0.15) is 41.1 Å². The molecule has 1 unspecified atom stereocenters. The van der Waals surface area contributed by atoms with Gasteiger partial charge in [0.25, 0.3) is 0 Å². The first kappa shape index (κ1) is 18.5. The molecule has 1 amide bonds. The highest BCUT2D eigenvalue weighted by atomic mass is 79.9. The minimum Gasteiger partial charge on any atom is -0.345 e. The minimum absolute atomic E-state index is 0.248. The minimum atomic E-state index is 0.248. The fourth-order valence-electron chi connectivity index (χ4n) is 4.37. The topological polar surface area (TPSA) is 33.2 Å². The number of pyridine rings is 1. The number of amides is 1. The molecule has 1 aromatic carbocycles. The van der Waals surface area contributed by atoms with Gasteiger partial charge in [-0.05, 0) is 92.3 Å². The van der Waals surface area contributed by atoms with Crippen LogP contribution >= 0.6 is 43.5 Å². The number of rotatable bonds is 2. The van der Waals surface area contributed by atoms with Crippen molar-refractivity contribution in [2.45, 2.75) is 31.6 Å². The molecular formula is C20H19Br2ClN2O. The van der Waals surface area contributed by atoms with E-state index < -0.39 is 0 Å². The monoisotopic (exact) mass is 496 g/mol. The van der Waals surface area contributed by atoms with Crippen molar-refractivity contribution in [2.24, 2.45) is 5.92 Å². The summed E-state index contributed by atoms with van der Waals surface area (Å²) in [5.41, 5.74) is 5.13. The number of likely N-dealkylation sites (tertiary alicyclic amines) is 1. The molecule has 136 valence electrons. The van der Waals surface area contributed by atoms with E-state index in [1.54, 1.807) is 0 Å². The number of benzene rings is 1. The second-order valence-corrected chi connectivity index (χ2v) is 9.20. The van der Waals surface area contributed by atoms with Gasteiger partial charge in [-0.25, -0.2) is 0 Å². The largest absolute Gasteiger partial charge is 0.345 e. The molecule has 0 bridgehead atoms. The number of aryl methyl sites for hydroxylation is 1. The van der Waals surface area contributed by atoms with E-state index in [0.29, 0.717) is 5.92 Å². The molecule has 0 N–H and O–H groups in total. The van der Waals surface area contributed by atoms with Gasteiger partial charge in [-0.15, -0.1) is 0 Å². The zero-order valence-corrected chi connectivity index (χ0v) is 18.1. The molecule has 26 heavy (non-hydrogen) atoms. The summed E-state index contributed by atoms with van der Waals surface area (Å²) in [5, 5.41) is 0.762. The van der Waals surface area contributed by atoms with Crippen molar-refractivity contribution in [3.05, 3.63) is 60.7 Å². The summed E-state index contributed by atoms with van der Waals surface area (Å²) in [6.45, 7) is 1.64. The smallest absolute Gasteiger partial charge is 0.209 e. The Morgan fingerprint density at radius 1 is 1.19 bits per heavy atom. The van der Waals surface area contributed by atoms with Crippen LogP contribution in [0.4, 0.5) is 0 Å². The highest BCUT2D eigenvalue weighted by Gasteiger charge is 2.34. The first-order valence-electron chi connectivity index (χ1n) is 8.89. The summed E-state index contributed by atoms with van der Waals surface area (Å²) in [5.74, 6) is 0.724. The maximum atomic E-state index is 11.1. The lowest BCUT2D eigenvalue weighted by atomic mass is 9.76. The van der Waals surface area contributed by atoms with E-state index in [4.69, 9.17) is 16.6 Å². The molecule has 2 aromatic rings. The average molecular weight is 499 g/mol. The molecule has 2 aliphatic rings. The van der Waals surface area contributed by atoms with Crippen molar-refractivity contribution in [1.29, 1.82) is 0 Å². The van der Waals surface area contributed by atoms with Gasteiger partial charge in [0.1, 0.15) is 0 Å². The van der Waals surface area contributed by atoms with Gasteiger partial charge < -0.3 is 4.90 Å². The Kier molecular flexibility index (Phi) is 5.40. The summed E-state index contributed by atoms with van der Waals surface area (Å²) < 4.78 is 2.03. The maximum Gasteiger partial charge on any atom is 0.209 e. The van der Waals surface area contributed by atoms with Gasteiger partial charge in [0, 0.05) is 34.1 Å². The van der Waals surface area contributed by atoms with Crippen molar-refractivity contribution in [1.82, 2.24) is 9.88 Å². The number of carbonyl (C=O) groups is 1. The third-order valence-electron chi connectivity index (χ3n) is 5.67. The highest BCUT2D eigenvalue weighted by Crippen LogP contribution is 2.45. The van der Waals surface area contributed by atoms with Gasteiger partial charge in [0.05, 0.1) is 10.7 Å². The molecule has 0 saturated carbocycles. The van der Waals surface area contributed by atoms with Gasteiger partial charge in [-0.1, -0.05) is 17.7 Å². The van der Waals surface area contributed by atoms with Crippen LogP contribution in [0.25, 0.3) is 0 Å². The molecule has 0 radical (unpaired) electrons. The normalized spacial score (nSPS) is 20.3. The first-order valence-corrected chi connectivity index (χ1v) is 10.9. The molecule has 4 rings (SSSR count). The van der Waals surface area contributed by atoms with E-state index >= 15 is 0 Å². The molecule has 1 aliphatic heterocycles. The molecule has 0 spiro atoms. The molecule has 1 atom stereocenters. The Bertz CT molecular complexity index is 850. The van der Waals surface area contributed by atoms with Crippen LogP contribution in [0.15, 0.2) is 33.3 Å². The molecule has 1 fully saturated rings. The standard InChI is InChI=1S/C20H19Br2ClN2O/c21-14-9-13-1-2-16-15(3-4-17(23)19(16)22)18(20(13)24-10-14)12-5-7-25(11-26)8-6-12/h3-4,9-12,18H,1-2,5-8H2. The van der Waals surface area contributed by atoms with Crippen LogP contribution in [0.5, 0.6) is 0 Å². The van der Waals surface area contributed by atoms with E-state index in [0.717, 1.165) is 59.2 Å². The molecule has 1 aliphatic carbocycles. The quantitative estimate of drug-likeness (QED) is 0.523. The number of carbonyl (C=O) groups excluding carboxylic acids is 1. The van der Waals surface area contributed by atoms with Crippen molar-refractivity contribution in [3.8, 4) is 0 Å². The SMILES string of the molecule is O=CN1CCC(C2c3ccc(Cl)c(Br)c3CCc3cc(Br)cnc32)CC1. The summed E-state index contributed by atoms with van der Waals surface area (Å²) in [4.78, 5) is 17.8. The van der Waals surface area contributed by atoms with Crippen LogP contribution < -0.4 is 0 Å². The lowest BCUT2D eigenvalue weighted by molar-refractivity contribution is -0.119. The van der Waals surface area contributed by atoms with Crippen LogP contribution in [-0.4, -0.2) is 29.4 Å². The number of piperidine rings is 1. The predicted octanol–water partition coefficient (Wildman–Crippen LogP) is 5.36. The molecule has 3 nitrogen and oxygen atoms in total. The molecule has 2 heterocycles. The Morgan fingerprint density at radius 2 is 1.96 bits per heavy atom. The van der Waals surface area contributed by atoms with Gasteiger partial charge in [-0.2, -0.15) is 0 Å². The molecular weight excluding hydrogens is 479 g/mol. The van der Waals surface area contributed by atoms with Crippen molar-refractivity contribution >= 4 is 49.9 Å². The number of fused-ring (bicyclic) bond motifs is 2. The van der Waals surface area contributed by atoms with Gasteiger partial charge >= 0.3 is 0 Å². The Morgan fingerprint density at radius 3 is 2.69 bits per heavy atom. The Hall–Kier alpha value is -0.910.